The highest BCUT2D eigenvalue weighted by molar-refractivity contribution is 7.89. The third-order valence-electron chi connectivity index (χ3n) is 4.19. The number of pyridine rings is 1. The molecule has 0 saturated carbocycles. The highest BCUT2D eigenvalue weighted by Crippen LogP contribution is 2.25. The molecule has 134 valence electrons. The second-order valence-corrected chi connectivity index (χ2v) is 8.07. The number of hydrogen-bond acceptors (Lipinski definition) is 5. The molecule has 0 amide bonds. The van der Waals surface area contributed by atoms with Gasteiger partial charge in [-0.05, 0) is 42.8 Å². The lowest BCUT2D eigenvalue weighted by Crippen LogP contribution is -2.35. The zero-order valence-electron chi connectivity index (χ0n) is 13.9. The van der Waals surface area contributed by atoms with Crippen LogP contribution < -0.4 is 9.64 Å². The summed E-state index contributed by atoms with van der Waals surface area (Å²) in [5.74, 6) is 1.33. The summed E-state index contributed by atoms with van der Waals surface area (Å²) in [6.45, 7) is 2.12. The van der Waals surface area contributed by atoms with Crippen LogP contribution in [0, 0.1) is 0 Å². The molecule has 0 bridgehead atoms. The van der Waals surface area contributed by atoms with E-state index in [2.05, 4.69) is 4.98 Å². The second kappa shape index (κ2) is 7.59. The van der Waals surface area contributed by atoms with E-state index in [1.807, 2.05) is 4.90 Å². The van der Waals surface area contributed by atoms with Crippen LogP contribution in [0.2, 0.25) is 5.02 Å². The number of benzene rings is 1. The quantitative estimate of drug-likeness (QED) is 0.814. The molecule has 6 nitrogen and oxygen atoms in total. The molecule has 0 N–H and O–H groups in total. The molecule has 0 aliphatic carbocycles. The number of methoxy groups -OCH3 is 1. The summed E-state index contributed by atoms with van der Waals surface area (Å²) < 4.78 is 32.4. The van der Waals surface area contributed by atoms with E-state index in [0.717, 1.165) is 0 Å². The van der Waals surface area contributed by atoms with Gasteiger partial charge in [0.05, 0.1) is 17.0 Å². The molecule has 1 saturated heterocycles. The maximum atomic E-state index is 12.9. The van der Waals surface area contributed by atoms with Crippen molar-refractivity contribution in [2.75, 3.05) is 38.2 Å². The molecule has 1 aliphatic heterocycles. The van der Waals surface area contributed by atoms with Crippen molar-refractivity contribution in [2.24, 2.45) is 0 Å². The fourth-order valence-electron chi connectivity index (χ4n) is 2.85. The molecule has 2 aromatic rings. The van der Waals surface area contributed by atoms with Gasteiger partial charge in [-0.15, -0.1) is 0 Å². The first-order chi connectivity index (χ1) is 12.0. The summed E-state index contributed by atoms with van der Waals surface area (Å²) >= 11 is 6.21. The molecule has 1 fully saturated rings. The van der Waals surface area contributed by atoms with E-state index in [9.17, 15) is 8.42 Å². The van der Waals surface area contributed by atoms with Gasteiger partial charge < -0.3 is 9.64 Å². The molecule has 8 heteroatoms. The fourth-order valence-corrected chi connectivity index (χ4v) is 4.56. The highest BCUT2D eigenvalue weighted by Gasteiger charge is 2.27. The van der Waals surface area contributed by atoms with Crippen LogP contribution in [-0.4, -0.2) is 51.0 Å². The van der Waals surface area contributed by atoms with Gasteiger partial charge in [-0.2, -0.15) is 4.31 Å². The summed E-state index contributed by atoms with van der Waals surface area (Å²) in [5.41, 5.74) is 0. The first kappa shape index (κ1) is 18.0. The van der Waals surface area contributed by atoms with Crippen LogP contribution >= 0.6 is 11.6 Å². The lowest BCUT2D eigenvalue weighted by molar-refractivity contribution is 0.413. The third-order valence-corrected chi connectivity index (χ3v) is 6.40. The van der Waals surface area contributed by atoms with Gasteiger partial charge in [-0.25, -0.2) is 13.4 Å². The average molecular weight is 382 g/mol. The standard InChI is InChI=1S/C17H20ClN3O3S/c1-24-14-5-7-15(8-6-14)25(22,23)21-11-3-10-20(12-13-21)17-16(18)4-2-9-19-17/h2,4-9H,3,10-13H2,1H3. The molecule has 0 unspecified atom stereocenters. The summed E-state index contributed by atoms with van der Waals surface area (Å²) in [6.07, 6.45) is 2.40. The van der Waals surface area contributed by atoms with Crippen LogP contribution in [0.1, 0.15) is 6.42 Å². The molecule has 2 heterocycles. The van der Waals surface area contributed by atoms with Crippen LogP contribution in [0.4, 0.5) is 5.82 Å². The number of nitrogens with zero attached hydrogens (tertiary/aromatic N) is 3. The lowest BCUT2D eigenvalue weighted by atomic mass is 10.3. The molecular weight excluding hydrogens is 362 g/mol. The maximum absolute atomic E-state index is 12.9. The van der Waals surface area contributed by atoms with Crippen LogP contribution in [0.15, 0.2) is 47.5 Å². The number of hydrogen-bond donors (Lipinski definition) is 0. The van der Waals surface area contributed by atoms with Gasteiger partial charge in [0, 0.05) is 32.4 Å². The van der Waals surface area contributed by atoms with Crippen molar-refractivity contribution in [1.29, 1.82) is 0 Å². The van der Waals surface area contributed by atoms with E-state index >= 15 is 0 Å². The zero-order chi connectivity index (χ0) is 17.9. The Balaban J connectivity index is 1.76. The topological polar surface area (TPSA) is 62.7 Å². The summed E-state index contributed by atoms with van der Waals surface area (Å²) in [4.78, 5) is 6.63. The van der Waals surface area contributed by atoms with Gasteiger partial charge in [-0.3, -0.25) is 0 Å². The number of rotatable bonds is 4. The molecule has 0 radical (unpaired) electrons. The maximum Gasteiger partial charge on any atom is 0.243 e. The predicted molar refractivity (Wildman–Crippen MR) is 97.8 cm³/mol. The number of ether oxygens (including phenoxy) is 1. The molecular formula is C17H20ClN3O3S. The Morgan fingerprint density at radius 3 is 2.52 bits per heavy atom. The molecule has 1 aromatic carbocycles. The minimum atomic E-state index is -3.53. The van der Waals surface area contributed by atoms with E-state index in [4.69, 9.17) is 16.3 Å². The van der Waals surface area contributed by atoms with Gasteiger partial charge in [0.15, 0.2) is 0 Å². The SMILES string of the molecule is COc1ccc(S(=O)(=O)N2CCCN(c3ncccc3Cl)CC2)cc1. The first-order valence-corrected chi connectivity index (χ1v) is 9.84. The van der Waals surface area contributed by atoms with Crippen molar-refractivity contribution < 1.29 is 13.2 Å². The molecule has 0 atom stereocenters. The van der Waals surface area contributed by atoms with Crippen LogP contribution in [0.3, 0.4) is 0 Å². The van der Waals surface area contributed by atoms with Crippen molar-refractivity contribution in [3.8, 4) is 5.75 Å². The molecule has 25 heavy (non-hydrogen) atoms. The summed E-state index contributed by atoms with van der Waals surface area (Å²) in [5, 5.41) is 0.578. The van der Waals surface area contributed by atoms with Gasteiger partial charge in [0.2, 0.25) is 10.0 Å². The first-order valence-electron chi connectivity index (χ1n) is 8.02. The van der Waals surface area contributed by atoms with Crippen molar-refractivity contribution in [3.05, 3.63) is 47.6 Å². The monoisotopic (exact) mass is 381 g/mol. The number of halogens is 1. The summed E-state index contributed by atoms with van der Waals surface area (Å²) in [6, 6.07) is 10.0. The van der Waals surface area contributed by atoms with Crippen molar-refractivity contribution in [1.82, 2.24) is 9.29 Å². The minimum Gasteiger partial charge on any atom is -0.497 e. The zero-order valence-corrected chi connectivity index (χ0v) is 15.5. The molecule has 3 rings (SSSR count). The van der Waals surface area contributed by atoms with Crippen molar-refractivity contribution in [2.45, 2.75) is 11.3 Å². The molecule has 1 aromatic heterocycles. The van der Waals surface area contributed by atoms with Gasteiger partial charge in [0.25, 0.3) is 0 Å². The van der Waals surface area contributed by atoms with Gasteiger partial charge >= 0.3 is 0 Å². The van der Waals surface area contributed by atoms with E-state index in [1.54, 1.807) is 49.7 Å². The Kier molecular flexibility index (Phi) is 5.46. The van der Waals surface area contributed by atoms with E-state index in [-0.39, 0.29) is 4.90 Å². The Morgan fingerprint density at radius 2 is 1.84 bits per heavy atom. The average Bonchev–Trinajstić information content (AvgIpc) is 2.89. The number of aromatic nitrogens is 1. The van der Waals surface area contributed by atoms with Gasteiger partial charge in [0.1, 0.15) is 11.6 Å². The Bertz CT molecular complexity index is 827. The van der Waals surface area contributed by atoms with Gasteiger partial charge in [-0.1, -0.05) is 11.6 Å². The Labute approximate surface area is 153 Å². The van der Waals surface area contributed by atoms with Crippen molar-refractivity contribution >= 4 is 27.4 Å². The summed E-state index contributed by atoms with van der Waals surface area (Å²) in [7, 11) is -1.98. The number of sulfonamides is 1. The highest BCUT2D eigenvalue weighted by atomic mass is 35.5. The number of anilines is 1. The third kappa shape index (κ3) is 3.89. The van der Waals surface area contributed by atoms with Crippen LogP contribution in [0.25, 0.3) is 0 Å². The molecule has 1 aliphatic rings. The predicted octanol–water partition coefficient (Wildman–Crippen LogP) is 2.64. The Hall–Kier alpha value is -1.83. The van der Waals surface area contributed by atoms with Crippen molar-refractivity contribution in [3.63, 3.8) is 0 Å². The van der Waals surface area contributed by atoms with E-state index in [0.29, 0.717) is 49.2 Å². The fraction of sp³-hybridized carbons (Fsp3) is 0.353. The molecule has 0 spiro atoms. The van der Waals surface area contributed by atoms with E-state index < -0.39 is 10.0 Å². The largest absolute Gasteiger partial charge is 0.497 e. The lowest BCUT2D eigenvalue weighted by Gasteiger charge is -2.23. The second-order valence-electron chi connectivity index (χ2n) is 5.73. The van der Waals surface area contributed by atoms with E-state index in [1.165, 1.54) is 4.31 Å². The Morgan fingerprint density at radius 1 is 1.08 bits per heavy atom. The van der Waals surface area contributed by atoms with Crippen LogP contribution in [-0.2, 0) is 10.0 Å². The normalized spacial score (nSPS) is 16.5. The smallest absolute Gasteiger partial charge is 0.243 e. The minimum absolute atomic E-state index is 0.276. The van der Waals surface area contributed by atoms with Crippen LogP contribution in [0.5, 0.6) is 5.75 Å².